The van der Waals surface area contributed by atoms with E-state index in [1.54, 1.807) is 6.20 Å². The number of nitrogens with two attached hydrogens (primary N) is 1. The minimum absolute atomic E-state index is 0.713. The van der Waals surface area contributed by atoms with Gasteiger partial charge in [-0.25, -0.2) is 0 Å². The lowest BCUT2D eigenvalue weighted by atomic mass is 10.1. The van der Waals surface area contributed by atoms with Gasteiger partial charge in [0.15, 0.2) is 0 Å². The van der Waals surface area contributed by atoms with Crippen LogP contribution in [-0.2, 0) is 0 Å². The summed E-state index contributed by atoms with van der Waals surface area (Å²) in [5.41, 5.74) is 6.82. The number of fused-ring (bicyclic) bond motifs is 1. The minimum Gasteiger partial charge on any atom is -0.491 e. The molecular formula is C15H20N2O. The van der Waals surface area contributed by atoms with Crippen LogP contribution in [0.4, 0.5) is 5.69 Å². The molecule has 0 saturated heterocycles. The third-order valence-corrected chi connectivity index (χ3v) is 3.08. The zero-order valence-corrected chi connectivity index (χ0v) is 10.9. The molecule has 1 heterocycles. The van der Waals surface area contributed by atoms with Gasteiger partial charge in [0, 0.05) is 23.2 Å². The number of rotatable bonds is 6. The molecule has 0 atom stereocenters. The first kappa shape index (κ1) is 12.7. The van der Waals surface area contributed by atoms with Gasteiger partial charge in [0.05, 0.1) is 12.3 Å². The fourth-order valence-corrected chi connectivity index (χ4v) is 2.01. The molecule has 2 aromatic rings. The van der Waals surface area contributed by atoms with Crippen LogP contribution in [0.3, 0.4) is 0 Å². The van der Waals surface area contributed by atoms with Crippen molar-refractivity contribution in [3.63, 3.8) is 0 Å². The van der Waals surface area contributed by atoms with Gasteiger partial charge in [-0.05, 0) is 24.6 Å². The molecule has 3 nitrogen and oxygen atoms in total. The molecular weight excluding hydrogens is 224 g/mol. The number of unbranched alkanes of at least 4 members (excludes halogenated alkanes) is 3. The van der Waals surface area contributed by atoms with Crippen molar-refractivity contribution in [1.29, 1.82) is 0 Å². The highest BCUT2D eigenvalue weighted by atomic mass is 16.5. The van der Waals surface area contributed by atoms with E-state index in [0.717, 1.165) is 29.5 Å². The van der Waals surface area contributed by atoms with E-state index in [9.17, 15) is 0 Å². The third kappa shape index (κ3) is 2.92. The largest absolute Gasteiger partial charge is 0.491 e. The van der Waals surface area contributed by atoms with Crippen molar-refractivity contribution in [2.45, 2.75) is 32.6 Å². The Balaban J connectivity index is 2.03. The van der Waals surface area contributed by atoms with Gasteiger partial charge in [0.1, 0.15) is 5.75 Å². The maximum absolute atomic E-state index is 6.11. The Kier molecular flexibility index (Phi) is 4.40. The van der Waals surface area contributed by atoms with Crippen LogP contribution < -0.4 is 10.5 Å². The molecule has 18 heavy (non-hydrogen) atoms. The molecule has 3 heteroatoms. The lowest BCUT2D eigenvalue weighted by molar-refractivity contribution is 0.307. The Bertz CT molecular complexity index is 511. The number of pyridine rings is 1. The first-order chi connectivity index (χ1) is 8.83. The van der Waals surface area contributed by atoms with Crippen molar-refractivity contribution in [2.75, 3.05) is 12.3 Å². The standard InChI is InChI=1S/C15H20N2O/c1-2-3-4-5-10-18-14-7-6-12-11-17-9-8-13(12)15(14)16/h6-9,11H,2-5,10,16H2,1H3. The number of nitrogens with zero attached hydrogens (tertiary/aromatic N) is 1. The van der Waals surface area contributed by atoms with Gasteiger partial charge in [-0.1, -0.05) is 26.2 Å². The molecule has 0 fully saturated rings. The van der Waals surface area contributed by atoms with Crippen LogP contribution in [0.2, 0.25) is 0 Å². The summed E-state index contributed by atoms with van der Waals surface area (Å²) in [5, 5.41) is 2.06. The van der Waals surface area contributed by atoms with Crippen LogP contribution in [0.15, 0.2) is 30.6 Å². The van der Waals surface area contributed by atoms with Crippen molar-refractivity contribution in [1.82, 2.24) is 4.98 Å². The highest BCUT2D eigenvalue weighted by Gasteiger charge is 2.05. The van der Waals surface area contributed by atoms with Gasteiger partial charge in [0.25, 0.3) is 0 Å². The molecule has 0 saturated carbocycles. The number of benzene rings is 1. The highest BCUT2D eigenvalue weighted by molar-refractivity contribution is 5.95. The number of ether oxygens (including phenoxy) is 1. The molecule has 0 aliphatic heterocycles. The topological polar surface area (TPSA) is 48.1 Å². The number of aromatic nitrogens is 1. The number of hydrogen-bond donors (Lipinski definition) is 1. The summed E-state index contributed by atoms with van der Waals surface area (Å²) >= 11 is 0. The first-order valence-corrected chi connectivity index (χ1v) is 6.58. The lowest BCUT2D eigenvalue weighted by Crippen LogP contribution is -2.00. The number of nitrogen functional groups attached to an aromatic ring is 1. The monoisotopic (exact) mass is 244 g/mol. The zero-order valence-electron chi connectivity index (χ0n) is 10.9. The SMILES string of the molecule is CCCCCCOc1ccc2cnccc2c1N. The maximum atomic E-state index is 6.11. The summed E-state index contributed by atoms with van der Waals surface area (Å²) in [7, 11) is 0. The molecule has 1 aromatic heterocycles. The molecule has 0 spiro atoms. The Morgan fingerprint density at radius 2 is 2.06 bits per heavy atom. The fourth-order valence-electron chi connectivity index (χ4n) is 2.01. The van der Waals surface area contributed by atoms with Crippen LogP contribution >= 0.6 is 0 Å². The Labute approximate surface area is 108 Å². The van der Waals surface area contributed by atoms with E-state index in [1.165, 1.54) is 19.3 Å². The van der Waals surface area contributed by atoms with Crippen LogP contribution in [0.5, 0.6) is 5.75 Å². The average Bonchev–Trinajstić information content (AvgIpc) is 2.41. The lowest BCUT2D eigenvalue weighted by Gasteiger charge is -2.10. The minimum atomic E-state index is 0.713. The van der Waals surface area contributed by atoms with E-state index >= 15 is 0 Å². The summed E-state index contributed by atoms with van der Waals surface area (Å²) in [6, 6.07) is 5.86. The second-order valence-corrected chi connectivity index (χ2v) is 4.48. The third-order valence-electron chi connectivity index (χ3n) is 3.08. The Morgan fingerprint density at radius 1 is 1.17 bits per heavy atom. The fraction of sp³-hybridized carbons (Fsp3) is 0.400. The van der Waals surface area contributed by atoms with Gasteiger partial charge >= 0.3 is 0 Å². The Morgan fingerprint density at radius 3 is 2.89 bits per heavy atom. The predicted octanol–water partition coefficient (Wildman–Crippen LogP) is 3.78. The van der Waals surface area contributed by atoms with Crippen molar-refractivity contribution in [3.05, 3.63) is 30.6 Å². The summed E-state index contributed by atoms with van der Waals surface area (Å²) in [4.78, 5) is 4.08. The summed E-state index contributed by atoms with van der Waals surface area (Å²) in [5.74, 6) is 0.783. The zero-order chi connectivity index (χ0) is 12.8. The van der Waals surface area contributed by atoms with E-state index in [1.807, 2.05) is 24.4 Å². The molecule has 2 N–H and O–H groups in total. The number of hydrogen-bond acceptors (Lipinski definition) is 3. The summed E-state index contributed by atoms with van der Waals surface area (Å²) in [6.45, 7) is 2.94. The normalized spacial score (nSPS) is 10.7. The molecule has 96 valence electrons. The maximum Gasteiger partial charge on any atom is 0.142 e. The van der Waals surface area contributed by atoms with Gasteiger partial charge in [0.2, 0.25) is 0 Å². The molecule has 0 amide bonds. The van der Waals surface area contributed by atoms with Gasteiger partial charge in [-0.2, -0.15) is 0 Å². The molecule has 0 bridgehead atoms. The Hall–Kier alpha value is -1.77. The van der Waals surface area contributed by atoms with Crippen molar-refractivity contribution in [2.24, 2.45) is 0 Å². The van der Waals surface area contributed by atoms with E-state index in [-0.39, 0.29) is 0 Å². The highest BCUT2D eigenvalue weighted by Crippen LogP contribution is 2.29. The average molecular weight is 244 g/mol. The number of anilines is 1. The van der Waals surface area contributed by atoms with E-state index in [0.29, 0.717) is 5.69 Å². The first-order valence-electron chi connectivity index (χ1n) is 6.58. The van der Waals surface area contributed by atoms with E-state index in [4.69, 9.17) is 10.5 Å². The van der Waals surface area contributed by atoms with Crippen LogP contribution in [0, 0.1) is 0 Å². The van der Waals surface area contributed by atoms with Gasteiger partial charge in [-0.15, -0.1) is 0 Å². The van der Waals surface area contributed by atoms with Crippen molar-refractivity contribution >= 4 is 16.5 Å². The predicted molar refractivity (Wildman–Crippen MR) is 75.8 cm³/mol. The summed E-state index contributed by atoms with van der Waals surface area (Å²) in [6.07, 6.45) is 8.38. The smallest absolute Gasteiger partial charge is 0.142 e. The van der Waals surface area contributed by atoms with Crippen molar-refractivity contribution in [3.8, 4) is 5.75 Å². The second kappa shape index (κ2) is 6.24. The van der Waals surface area contributed by atoms with E-state index in [2.05, 4.69) is 11.9 Å². The molecule has 2 rings (SSSR count). The molecule has 0 aliphatic carbocycles. The molecule has 1 aromatic carbocycles. The van der Waals surface area contributed by atoms with Crippen molar-refractivity contribution < 1.29 is 4.74 Å². The quantitative estimate of drug-likeness (QED) is 0.621. The molecule has 0 unspecified atom stereocenters. The van der Waals surface area contributed by atoms with Gasteiger partial charge < -0.3 is 10.5 Å². The summed E-state index contributed by atoms with van der Waals surface area (Å²) < 4.78 is 5.75. The van der Waals surface area contributed by atoms with Crippen LogP contribution in [-0.4, -0.2) is 11.6 Å². The van der Waals surface area contributed by atoms with Crippen LogP contribution in [0.1, 0.15) is 32.6 Å². The van der Waals surface area contributed by atoms with E-state index < -0.39 is 0 Å². The second-order valence-electron chi connectivity index (χ2n) is 4.48. The van der Waals surface area contributed by atoms with Gasteiger partial charge in [-0.3, -0.25) is 4.98 Å². The molecule has 0 radical (unpaired) electrons. The van der Waals surface area contributed by atoms with Crippen LogP contribution in [0.25, 0.3) is 10.8 Å². The molecule has 0 aliphatic rings.